The molecule has 6 heterocycles. The Balaban J connectivity index is 1.16. The molecule has 15 heteroatoms. The van der Waals surface area contributed by atoms with Crippen molar-refractivity contribution in [2.75, 3.05) is 32.9 Å². The summed E-state index contributed by atoms with van der Waals surface area (Å²) in [4.78, 5) is 35.1. The van der Waals surface area contributed by atoms with E-state index < -0.39 is 48.8 Å². The third-order valence-electron chi connectivity index (χ3n) is 10.5. The van der Waals surface area contributed by atoms with Gasteiger partial charge in [0.25, 0.3) is 0 Å². The summed E-state index contributed by atoms with van der Waals surface area (Å²) in [5, 5.41) is 64.0. The van der Waals surface area contributed by atoms with Gasteiger partial charge in [-0.15, -0.1) is 0 Å². The first-order valence-electron chi connectivity index (χ1n) is 17.1. The fraction of sp³-hybridized carbons (Fsp3) is 0.472. The number of quaternary nitrogens is 2. The van der Waals surface area contributed by atoms with Crippen LogP contribution >= 0.6 is 0 Å². The lowest BCUT2D eigenvalue weighted by atomic mass is 9.85. The van der Waals surface area contributed by atoms with Gasteiger partial charge in [-0.25, -0.2) is 9.78 Å². The Labute approximate surface area is 292 Å². The normalized spacial score (nSPS) is 28.8. The molecule has 7 rings (SSSR count). The van der Waals surface area contributed by atoms with Crippen LogP contribution in [0.2, 0.25) is 0 Å². The van der Waals surface area contributed by atoms with Crippen LogP contribution in [0.3, 0.4) is 0 Å². The summed E-state index contributed by atoms with van der Waals surface area (Å²) >= 11 is 0. The standard InChI is InChI=1S/C36H42N4O11/c1-20-12-27(43)23-13-22-14-30(35(2,7-3-11-41)50-32(22)31(33(23)49-20)40-15-21-4-8-38-25(21)16-40)51-48-18-29(45)36(47,34(46)28(44)17-42)19-39-10-6-24-26(39)5-9-37-24/h4-6,8-10,12-13,15,26,28-30,34,41-42,44-47H,3,7,11,14,16-19H2,1-2H3/p+2/t26?,28-,29+,30-,34-,35-,36-/m1/s1. The van der Waals surface area contributed by atoms with Crippen molar-refractivity contribution in [1.29, 1.82) is 0 Å². The number of fused-ring (bicyclic) bond motifs is 4. The van der Waals surface area contributed by atoms with E-state index in [9.17, 15) is 35.4 Å². The third kappa shape index (κ3) is 6.44. The van der Waals surface area contributed by atoms with Gasteiger partial charge in [-0.1, -0.05) is 0 Å². The topological polar surface area (TPSA) is 213 Å². The fourth-order valence-corrected chi connectivity index (χ4v) is 7.56. The number of allylic oxidation sites excluding steroid dienone is 1. The summed E-state index contributed by atoms with van der Waals surface area (Å²) in [6, 6.07) is 2.91. The number of aliphatic hydroxyl groups excluding tert-OH is 5. The summed E-state index contributed by atoms with van der Waals surface area (Å²) in [6.45, 7) is 2.21. The van der Waals surface area contributed by atoms with Crippen molar-refractivity contribution in [3.8, 4) is 5.75 Å². The second-order valence-electron chi connectivity index (χ2n) is 14.0. The second-order valence-corrected chi connectivity index (χ2v) is 14.0. The van der Waals surface area contributed by atoms with Crippen LogP contribution in [0.5, 0.6) is 5.75 Å². The molecule has 51 heavy (non-hydrogen) atoms. The molecular formula is C36H44N4O11+2. The number of nitrogens with one attached hydrogen (secondary N) is 2. The molecule has 1 aromatic carbocycles. The average molecular weight is 709 g/mol. The number of hydrogen-bond acceptors (Lipinski definition) is 13. The van der Waals surface area contributed by atoms with E-state index in [0.29, 0.717) is 58.0 Å². The molecule has 0 bridgehead atoms. The van der Waals surface area contributed by atoms with E-state index in [2.05, 4.69) is 9.98 Å². The molecule has 3 unspecified atom stereocenters. The predicted octanol–water partition coefficient (Wildman–Crippen LogP) is -2.18. The van der Waals surface area contributed by atoms with Crippen LogP contribution in [0.15, 0.2) is 79.9 Å². The average Bonchev–Trinajstić information content (AvgIpc) is 3.90. The summed E-state index contributed by atoms with van der Waals surface area (Å²) in [6.07, 6.45) is 7.27. The number of nitrogens with zero attached hydrogens (tertiary/aromatic N) is 2. The Morgan fingerprint density at radius 2 is 1.98 bits per heavy atom. The van der Waals surface area contributed by atoms with Gasteiger partial charge >= 0.3 is 0 Å². The van der Waals surface area contributed by atoms with Gasteiger partial charge in [0, 0.05) is 43.1 Å². The van der Waals surface area contributed by atoms with E-state index in [-0.39, 0.29) is 31.0 Å². The zero-order valence-electron chi connectivity index (χ0n) is 28.4. The Morgan fingerprint density at radius 1 is 1.16 bits per heavy atom. The Kier molecular flexibility index (Phi) is 9.70. The molecule has 0 saturated heterocycles. The molecule has 2 aromatic rings. The van der Waals surface area contributed by atoms with E-state index in [1.807, 2.05) is 25.3 Å². The van der Waals surface area contributed by atoms with E-state index in [0.717, 1.165) is 21.9 Å². The molecule has 15 nitrogen and oxygen atoms in total. The molecule has 5 aliphatic heterocycles. The van der Waals surface area contributed by atoms with E-state index in [4.69, 9.17) is 18.9 Å². The quantitative estimate of drug-likeness (QED) is 0.0781. The molecule has 0 fully saturated rings. The minimum atomic E-state index is -2.35. The van der Waals surface area contributed by atoms with Crippen molar-refractivity contribution in [1.82, 2.24) is 0 Å². The lowest BCUT2D eigenvalue weighted by Gasteiger charge is -2.42. The summed E-state index contributed by atoms with van der Waals surface area (Å²) in [7, 11) is 0. The first kappa shape index (κ1) is 35.5. The number of ether oxygens (including phenoxy) is 1. The zero-order chi connectivity index (χ0) is 36.1. The summed E-state index contributed by atoms with van der Waals surface area (Å²) in [5.41, 5.74) is 0.709. The van der Waals surface area contributed by atoms with Crippen LogP contribution in [-0.4, -0.2) is 117 Å². The first-order valence-corrected chi connectivity index (χ1v) is 17.1. The number of rotatable bonds is 14. The Morgan fingerprint density at radius 3 is 2.75 bits per heavy atom. The van der Waals surface area contributed by atoms with Gasteiger partial charge in [0.2, 0.25) is 11.3 Å². The van der Waals surface area contributed by atoms with Crippen LogP contribution in [0.4, 0.5) is 5.69 Å². The highest BCUT2D eigenvalue weighted by Crippen LogP contribution is 2.44. The molecule has 0 aliphatic carbocycles. The number of aryl methyl sites for hydroxylation is 1. The number of hydrogen-bond donors (Lipinski definition) is 8. The zero-order valence-corrected chi connectivity index (χ0v) is 28.4. The molecule has 0 radical (unpaired) electrons. The van der Waals surface area contributed by atoms with Crippen molar-refractivity contribution in [2.24, 2.45) is 9.98 Å². The van der Waals surface area contributed by atoms with Crippen LogP contribution < -0.4 is 20.0 Å². The lowest BCUT2D eigenvalue weighted by molar-refractivity contribution is -0.861. The summed E-state index contributed by atoms with van der Waals surface area (Å²) < 4.78 is 13.0. The highest BCUT2D eigenvalue weighted by atomic mass is 17.2. The minimum Gasteiger partial charge on any atom is -0.478 e. The second kappa shape index (κ2) is 13.9. The summed E-state index contributed by atoms with van der Waals surface area (Å²) in [5.74, 6) is 0.977. The monoisotopic (exact) mass is 708 g/mol. The maximum atomic E-state index is 13.3. The van der Waals surface area contributed by atoms with Crippen molar-refractivity contribution < 1.29 is 59.4 Å². The Bertz CT molecular complexity index is 1940. The van der Waals surface area contributed by atoms with Crippen molar-refractivity contribution >= 4 is 28.1 Å². The van der Waals surface area contributed by atoms with Gasteiger partial charge in [0.15, 0.2) is 22.8 Å². The van der Waals surface area contributed by atoms with Crippen LogP contribution in [-0.2, 0) is 16.2 Å². The first-order chi connectivity index (χ1) is 24.5. The Hall–Kier alpha value is -3.87. The fourth-order valence-electron chi connectivity index (χ4n) is 7.56. The van der Waals surface area contributed by atoms with Gasteiger partial charge in [0.05, 0.1) is 23.8 Å². The lowest BCUT2D eigenvalue weighted by Crippen LogP contribution is -3.13. The van der Waals surface area contributed by atoms with Gasteiger partial charge < -0.3 is 39.8 Å². The molecule has 5 aliphatic rings. The van der Waals surface area contributed by atoms with E-state index in [1.54, 1.807) is 37.7 Å². The molecule has 9 atom stereocenters. The molecule has 272 valence electrons. The molecule has 0 spiro atoms. The highest BCUT2D eigenvalue weighted by molar-refractivity contribution is 6.07. The van der Waals surface area contributed by atoms with E-state index in [1.165, 1.54) is 6.07 Å². The number of aliphatic hydroxyl groups is 6. The predicted molar refractivity (Wildman–Crippen MR) is 183 cm³/mol. The maximum Gasteiger partial charge on any atom is 0.222 e. The van der Waals surface area contributed by atoms with Gasteiger partial charge in [-0.2, -0.15) is 0 Å². The molecule has 0 amide bonds. The van der Waals surface area contributed by atoms with Crippen molar-refractivity contribution in [2.45, 2.75) is 74.8 Å². The van der Waals surface area contributed by atoms with Crippen LogP contribution in [0.25, 0.3) is 11.0 Å². The smallest absolute Gasteiger partial charge is 0.222 e. The SMILES string of the molecule is Cc1cc(=O)c2cc3c(c([NH+]4C=C5C=CN=C5C4)c2o1)O[C@](C)(CCCO)[C@H](OOC[C@H](O)[C@](O)(C[NH+]1C=CC2=NC=CC21)[C@H](O)[C@H](O)CO)C3. The van der Waals surface area contributed by atoms with Gasteiger partial charge in [-0.3, -0.25) is 24.6 Å². The van der Waals surface area contributed by atoms with Crippen LogP contribution in [0, 0.1) is 6.92 Å². The largest absolute Gasteiger partial charge is 0.478 e. The number of benzene rings is 1. The highest BCUT2D eigenvalue weighted by Gasteiger charge is 2.52. The van der Waals surface area contributed by atoms with Gasteiger partial charge in [-0.05, 0) is 44.9 Å². The van der Waals surface area contributed by atoms with Gasteiger partial charge in [0.1, 0.15) is 73.1 Å². The molecule has 0 saturated carbocycles. The number of aliphatic imine (C=N–C) groups is 2. The maximum absolute atomic E-state index is 13.3. The third-order valence-corrected chi connectivity index (χ3v) is 10.5. The molecular weight excluding hydrogens is 664 g/mol. The van der Waals surface area contributed by atoms with Crippen molar-refractivity contribution in [3.05, 3.63) is 82.3 Å². The minimum absolute atomic E-state index is 0.111. The van der Waals surface area contributed by atoms with E-state index >= 15 is 0 Å². The van der Waals surface area contributed by atoms with Crippen molar-refractivity contribution in [3.63, 3.8) is 0 Å². The molecule has 8 N–H and O–H groups in total. The van der Waals surface area contributed by atoms with Crippen LogP contribution in [0.1, 0.15) is 31.1 Å². The molecule has 1 aromatic heterocycles.